The van der Waals surface area contributed by atoms with Crippen molar-refractivity contribution < 1.29 is 14.3 Å². The van der Waals surface area contributed by atoms with Gasteiger partial charge in [0.05, 0.1) is 11.3 Å². The minimum absolute atomic E-state index is 0.00277. The highest BCUT2D eigenvalue weighted by Crippen LogP contribution is 2.33. The van der Waals surface area contributed by atoms with Crippen molar-refractivity contribution in [2.75, 3.05) is 52.5 Å². The van der Waals surface area contributed by atoms with Crippen LogP contribution in [0.2, 0.25) is 0 Å². The van der Waals surface area contributed by atoms with E-state index in [9.17, 15) is 4.79 Å². The fourth-order valence-corrected chi connectivity index (χ4v) is 5.76. The van der Waals surface area contributed by atoms with Gasteiger partial charge in [0.15, 0.2) is 5.78 Å². The SMILES string of the molecule is O=C(c1ccc(OCCN2CCCC2)cc1)c1c(-c2ccc(OCCN3CCCC3)cc2)[nH]c2ccccc12. The van der Waals surface area contributed by atoms with E-state index in [2.05, 4.69) is 14.8 Å². The number of fused-ring (bicyclic) bond motifs is 1. The number of ether oxygens (including phenoxy) is 2. The minimum atomic E-state index is -0.00277. The van der Waals surface area contributed by atoms with E-state index < -0.39 is 0 Å². The molecule has 6 nitrogen and oxygen atoms in total. The van der Waals surface area contributed by atoms with Crippen molar-refractivity contribution in [2.45, 2.75) is 25.7 Å². The number of aromatic nitrogens is 1. The number of ketones is 1. The van der Waals surface area contributed by atoms with E-state index in [1.165, 1.54) is 38.8 Å². The summed E-state index contributed by atoms with van der Waals surface area (Å²) in [5.41, 5.74) is 4.08. The van der Waals surface area contributed by atoms with E-state index in [1.54, 1.807) is 0 Å². The number of nitrogens with zero attached hydrogens (tertiary/aromatic N) is 2. The number of nitrogens with one attached hydrogen (secondary N) is 1. The van der Waals surface area contributed by atoms with Crippen LogP contribution in [0.5, 0.6) is 11.5 Å². The van der Waals surface area contributed by atoms with Crippen molar-refractivity contribution in [3.8, 4) is 22.8 Å². The molecule has 39 heavy (non-hydrogen) atoms. The van der Waals surface area contributed by atoms with E-state index in [4.69, 9.17) is 9.47 Å². The lowest BCUT2D eigenvalue weighted by Gasteiger charge is -2.15. The van der Waals surface area contributed by atoms with Gasteiger partial charge >= 0.3 is 0 Å². The predicted molar refractivity (Wildman–Crippen MR) is 156 cm³/mol. The van der Waals surface area contributed by atoms with Gasteiger partial charge in [-0.05, 0) is 112 Å². The third-order valence-corrected chi connectivity index (χ3v) is 7.94. The normalized spacial score (nSPS) is 16.2. The zero-order valence-corrected chi connectivity index (χ0v) is 22.5. The first-order valence-corrected chi connectivity index (χ1v) is 14.3. The molecular formula is C33H37N3O3. The van der Waals surface area contributed by atoms with Crippen LogP contribution >= 0.6 is 0 Å². The second-order valence-electron chi connectivity index (χ2n) is 10.6. The first kappa shape index (κ1) is 25.7. The molecule has 3 heterocycles. The summed E-state index contributed by atoms with van der Waals surface area (Å²) in [6.07, 6.45) is 5.14. The van der Waals surface area contributed by atoms with Crippen LogP contribution in [0.1, 0.15) is 41.6 Å². The number of carbonyl (C=O) groups excluding carboxylic acids is 1. The largest absolute Gasteiger partial charge is 0.492 e. The van der Waals surface area contributed by atoms with E-state index in [0.29, 0.717) is 24.3 Å². The maximum absolute atomic E-state index is 13.9. The zero-order valence-electron chi connectivity index (χ0n) is 22.5. The zero-order chi connectivity index (χ0) is 26.4. The Labute approximate surface area is 230 Å². The molecule has 2 aliphatic rings. The Morgan fingerprint density at radius 2 is 1.23 bits per heavy atom. The Morgan fingerprint density at radius 1 is 0.692 bits per heavy atom. The highest BCUT2D eigenvalue weighted by molar-refractivity contribution is 6.20. The summed E-state index contributed by atoms with van der Waals surface area (Å²) in [6, 6.07) is 23.6. The maximum atomic E-state index is 13.9. The molecule has 0 amide bonds. The van der Waals surface area contributed by atoms with E-state index in [1.807, 2.05) is 72.8 Å². The van der Waals surface area contributed by atoms with Gasteiger partial charge in [0.1, 0.15) is 24.7 Å². The molecule has 3 aromatic carbocycles. The van der Waals surface area contributed by atoms with Crippen molar-refractivity contribution >= 4 is 16.7 Å². The molecular weight excluding hydrogens is 486 g/mol. The van der Waals surface area contributed by atoms with Gasteiger partial charge < -0.3 is 14.5 Å². The Balaban J connectivity index is 1.17. The molecule has 0 saturated carbocycles. The van der Waals surface area contributed by atoms with Crippen LogP contribution in [0, 0.1) is 0 Å². The maximum Gasteiger partial charge on any atom is 0.195 e. The van der Waals surface area contributed by atoms with Gasteiger partial charge in [-0.2, -0.15) is 0 Å². The average Bonchev–Trinajstić information content (AvgIpc) is 3.75. The highest BCUT2D eigenvalue weighted by atomic mass is 16.5. The number of para-hydroxylation sites is 1. The molecule has 6 rings (SSSR count). The van der Waals surface area contributed by atoms with Crippen LogP contribution in [0.3, 0.4) is 0 Å². The summed E-state index contributed by atoms with van der Waals surface area (Å²) in [7, 11) is 0. The molecule has 0 atom stereocenters. The summed E-state index contributed by atoms with van der Waals surface area (Å²) in [6.45, 7) is 7.94. The third-order valence-electron chi connectivity index (χ3n) is 7.94. The molecule has 4 aromatic rings. The van der Waals surface area contributed by atoms with Crippen molar-refractivity contribution in [2.24, 2.45) is 0 Å². The fourth-order valence-electron chi connectivity index (χ4n) is 5.76. The first-order chi connectivity index (χ1) is 19.2. The second kappa shape index (κ2) is 12.1. The highest BCUT2D eigenvalue weighted by Gasteiger charge is 2.21. The van der Waals surface area contributed by atoms with E-state index >= 15 is 0 Å². The van der Waals surface area contributed by atoms with Crippen molar-refractivity contribution in [1.29, 1.82) is 0 Å². The number of benzene rings is 3. The smallest absolute Gasteiger partial charge is 0.195 e. The molecule has 1 N–H and O–H groups in total. The molecule has 2 aliphatic heterocycles. The standard InChI is InChI=1S/C33H37N3O3/c37-33(26-11-15-28(16-12-26)39-24-22-36-19-5-6-20-36)31-29-7-1-2-8-30(29)34-32(31)25-9-13-27(14-10-25)38-23-21-35-17-3-4-18-35/h1-2,7-16,34H,3-6,17-24H2. The lowest BCUT2D eigenvalue weighted by Crippen LogP contribution is -2.25. The summed E-state index contributed by atoms with van der Waals surface area (Å²) in [5.74, 6) is 1.64. The summed E-state index contributed by atoms with van der Waals surface area (Å²) < 4.78 is 12.0. The predicted octanol–water partition coefficient (Wildman–Crippen LogP) is 6.02. The van der Waals surface area contributed by atoms with Gasteiger partial charge in [0, 0.05) is 29.6 Å². The van der Waals surface area contributed by atoms with Gasteiger partial charge in [0.25, 0.3) is 0 Å². The number of carbonyl (C=O) groups is 1. The Kier molecular flexibility index (Phi) is 7.93. The monoisotopic (exact) mass is 523 g/mol. The molecule has 0 aliphatic carbocycles. The molecule has 0 unspecified atom stereocenters. The van der Waals surface area contributed by atoms with E-state index in [-0.39, 0.29) is 5.78 Å². The average molecular weight is 524 g/mol. The lowest BCUT2D eigenvalue weighted by atomic mass is 9.97. The third kappa shape index (κ3) is 6.02. The van der Waals surface area contributed by atoms with E-state index in [0.717, 1.165) is 59.8 Å². The fraction of sp³-hybridized carbons (Fsp3) is 0.364. The summed E-state index contributed by atoms with van der Waals surface area (Å²) >= 11 is 0. The van der Waals surface area contributed by atoms with Crippen molar-refractivity contribution in [1.82, 2.24) is 14.8 Å². The molecule has 1 aromatic heterocycles. The van der Waals surface area contributed by atoms with Crippen LogP contribution in [-0.2, 0) is 0 Å². The lowest BCUT2D eigenvalue weighted by molar-refractivity contribution is 0.104. The van der Waals surface area contributed by atoms with Gasteiger partial charge in [-0.25, -0.2) is 0 Å². The second-order valence-corrected chi connectivity index (χ2v) is 10.6. The Morgan fingerprint density at radius 3 is 1.82 bits per heavy atom. The number of rotatable bonds is 11. The topological polar surface area (TPSA) is 57.8 Å². The van der Waals surface area contributed by atoms with Crippen LogP contribution in [0.25, 0.3) is 22.2 Å². The molecule has 0 spiro atoms. The number of hydrogen-bond acceptors (Lipinski definition) is 5. The quantitative estimate of drug-likeness (QED) is 0.244. The van der Waals surface area contributed by atoms with Crippen molar-refractivity contribution in [3.63, 3.8) is 0 Å². The number of hydrogen-bond donors (Lipinski definition) is 1. The number of aromatic amines is 1. The number of H-pyrrole nitrogens is 1. The van der Waals surface area contributed by atoms with Gasteiger partial charge in [0.2, 0.25) is 0 Å². The van der Waals surface area contributed by atoms with Gasteiger partial charge in [-0.3, -0.25) is 14.6 Å². The Bertz CT molecular complexity index is 1380. The minimum Gasteiger partial charge on any atom is -0.492 e. The van der Waals surface area contributed by atoms with Gasteiger partial charge in [-0.15, -0.1) is 0 Å². The number of likely N-dealkylation sites (tertiary alicyclic amines) is 2. The molecule has 0 radical (unpaired) electrons. The Hall–Kier alpha value is -3.61. The van der Waals surface area contributed by atoms with Crippen LogP contribution in [0.15, 0.2) is 72.8 Å². The van der Waals surface area contributed by atoms with Crippen LogP contribution in [0.4, 0.5) is 0 Å². The molecule has 2 saturated heterocycles. The van der Waals surface area contributed by atoms with Crippen LogP contribution in [-0.4, -0.2) is 73.0 Å². The van der Waals surface area contributed by atoms with Crippen LogP contribution < -0.4 is 9.47 Å². The molecule has 0 bridgehead atoms. The summed E-state index contributed by atoms with van der Waals surface area (Å²) in [4.78, 5) is 22.2. The molecule has 2 fully saturated rings. The van der Waals surface area contributed by atoms with Gasteiger partial charge in [-0.1, -0.05) is 18.2 Å². The molecule has 6 heteroatoms. The summed E-state index contributed by atoms with van der Waals surface area (Å²) in [5, 5.41) is 0.925. The molecule has 202 valence electrons. The first-order valence-electron chi connectivity index (χ1n) is 14.3. The van der Waals surface area contributed by atoms with Crippen molar-refractivity contribution in [3.05, 3.63) is 83.9 Å².